The summed E-state index contributed by atoms with van der Waals surface area (Å²) in [6.07, 6.45) is 0. The average Bonchev–Trinajstić information content (AvgIpc) is 2.77. The van der Waals surface area contributed by atoms with Crippen LogP contribution < -0.4 is 0 Å². The number of esters is 1. The van der Waals surface area contributed by atoms with Crippen molar-refractivity contribution in [1.82, 2.24) is 4.98 Å². The first-order valence-corrected chi connectivity index (χ1v) is 10.6. The predicted molar refractivity (Wildman–Crippen MR) is 123 cm³/mol. The number of fused-ring (bicyclic) bond motifs is 4. The molecule has 0 saturated carbocycles. The van der Waals surface area contributed by atoms with Crippen molar-refractivity contribution < 1.29 is 19.1 Å². The number of benzene rings is 3. The Morgan fingerprint density at radius 1 is 1.00 bits per heavy atom. The average molecular weight is 423 g/mol. The molecule has 4 aromatic rings. The van der Waals surface area contributed by atoms with E-state index in [9.17, 15) is 14.4 Å². The van der Waals surface area contributed by atoms with Crippen LogP contribution >= 0.6 is 0 Å². The fourth-order valence-electron chi connectivity index (χ4n) is 4.67. The van der Waals surface area contributed by atoms with Crippen LogP contribution in [0.1, 0.15) is 46.8 Å². The highest BCUT2D eigenvalue weighted by Crippen LogP contribution is 2.45. The number of pyridine rings is 1. The molecule has 0 saturated heterocycles. The van der Waals surface area contributed by atoms with Gasteiger partial charge in [-0.05, 0) is 44.5 Å². The van der Waals surface area contributed by atoms with Crippen LogP contribution in [0.5, 0.6) is 0 Å². The number of carbonyl (C=O) groups excluding carboxylic acids is 3. The van der Waals surface area contributed by atoms with E-state index in [1.807, 2.05) is 43.3 Å². The van der Waals surface area contributed by atoms with Gasteiger partial charge in [-0.2, -0.15) is 0 Å². The molecule has 1 aromatic heterocycles. The third-order valence-corrected chi connectivity index (χ3v) is 6.04. The number of rotatable bonds is 4. The Bertz CT molecular complexity index is 1470. The molecular weight excluding hydrogens is 402 g/mol. The van der Waals surface area contributed by atoms with E-state index in [1.165, 1.54) is 6.92 Å². The van der Waals surface area contributed by atoms with Crippen molar-refractivity contribution in [3.63, 3.8) is 0 Å². The molecule has 1 aliphatic rings. The van der Waals surface area contributed by atoms with E-state index in [0.29, 0.717) is 27.6 Å². The molecule has 1 atom stereocenters. The van der Waals surface area contributed by atoms with Crippen LogP contribution in [0.25, 0.3) is 32.9 Å². The van der Waals surface area contributed by atoms with E-state index in [-0.39, 0.29) is 18.2 Å². The second-order valence-electron chi connectivity index (χ2n) is 8.10. The van der Waals surface area contributed by atoms with Crippen molar-refractivity contribution in [2.24, 2.45) is 0 Å². The highest BCUT2D eigenvalue weighted by molar-refractivity contribution is 6.29. The van der Waals surface area contributed by atoms with Gasteiger partial charge in [-0.3, -0.25) is 14.4 Å². The summed E-state index contributed by atoms with van der Waals surface area (Å²) in [6.45, 7) is 5.26. The Morgan fingerprint density at radius 2 is 1.75 bits per heavy atom. The maximum absolute atomic E-state index is 13.4. The van der Waals surface area contributed by atoms with Gasteiger partial charge in [-0.15, -0.1) is 0 Å². The molecule has 3 aromatic carbocycles. The Hall–Kier alpha value is -3.86. The fourth-order valence-corrected chi connectivity index (χ4v) is 4.67. The van der Waals surface area contributed by atoms with Gasteiger partial charge in [0, 0.05) is 33.0 Å². The second kappa shape index (κ2) is 7.38. The quantitative estimate of drug-likeness (QED) is 0.227. The van der Waals surface area contributed by atoms with Gasteiger partial charge in [0.25, 0.3) is 0 Å². The monoisotopic (exact) mass is 423 g/mol. The smallest absolute Gasteiger partial charge is 0.321 e. The first-order chi connectivity index (χ1) is 15.4. The van der Waals surface area contributed by atoms with Gasteiger partial charge >= 0.3 is 5.97 Å². The van der Waals surface area contributed by atoms with Gasteiger partial charge in [0.1, 0.15) is 11.7 Å². The molecule has 5 rings (SSSR count). The van der Waals surface area contributed by atoms with Crippen LogP contribution in [0, 0.1) is 6.92 Å². The molecule has 158 valence electrons. The third-order valence-electron chi connectivity index (χ3n) is 6.04. The highest BCUT2D eigenvalue weighted by atomic mass is 16.5. The molecule has 0 radical (unpaired) electrons. The third kappa shape index (κ3) is 2.85. The summed E-state index contributed by atoms with van der Waals surface area (Å²) < 4.78 is 5.20. The van der Waals surface area contributed by atoms with E-state index >= 15 is 0 Å². The Balaban J connectivity index is 1.97. The van der Waals surface area contributed by atoms with Crippen molar-refractivity contribution in [3.8, 4) is 11.1 Å². The molecule has 5 heteroatoms. The summed E-state index contributed by atoms with van der Waals surface area (Å²) in [5.74, 6) is -2.12. The van der Waals surface area contributed by atoms with E-state index < -0.39 is 11.9 Å². The lowest BCUT2D eigenvalue weighted by Gasteiger charge is -2.24. The molecule has 0 spiro atoms. The first-order valence-electron chi connectivity index (χ1n) is 10.6. The molecule has 1 unspecified atom stereocenters. The molecule has 5 nitrogen and oxygen atoms in total. The second-order valence-corrected chi connectivity index (χ2v) is 8.10. The summed E-state index contributed by atoms with van der Waals surface area (Å²) in [7, 11) is 0. The first kappa shape index (κ1) is 20.1. The Morgan fingerprint density at radius 3 is 2.47 bits per heavy atom. The summed E-state index contributed by atoms with van der Waals surface area (Å²) in [5.41, 5.74) is 5.68. The maximum atomic E-state index is 13.4. The van der Waals surface area contributed by atoms with Crippen LogP contribution in [-0.2, 0) is 14.3 Å². The predicted octanol–water partition coefficient (Wildman–Crippen LogP) is 5.14. The zero-order valence-corrected chi connectivity index (χ0v) is 18.1. The summed E-state index contributed by atoms with van der Waals surface area (Å²) >= 11 is 0. The van der Waals surface area contributed by atoms with Crippen LogP contribution in [0.15, 0.2) is 54.6 Å². The molecule has 0 amide bonds. The van der Waals surface area contributed by atoms with Gasteiger partial charge in [0.05, 0.1) is 17.6 Å². The number of hydrogen-bond donors (Lipinski definition) is 0. The van der Waals surface area contributed by atoms with Crippen molar-refractivity contribution in [2.75, 3.05) is 6.61 Å². The van der Waals surface area contributed by atoms with Crippen LogP contribution in [0.4, 0.5) is 0 Å². The number of aryl methyl sites for hydroxylation is 1. The zero-order valence-electron chi connectivity index (χ0n) is 18.1. The zero-order chi connectivity index (χ0) is 22.6. The van der Waals surface area contributed by atoms with E-state index in [2.05, 4.69) is 6.07 Å². The largest absolute Gasteiger partial charge is 0.465 e. The normalized spacial score (nSPS) is 13.2. The standard InChI is InChI=1S/C27H21NO4/c1-4-32-27(31)22(15(3)29)18-10-11-19-24-23(16-7-5-6-8-17(16)26(19)30)20-13-14(2)9-12-21(20)28-25(18)24/h5-13,22H,4H2,1-3H3. The van der Waals surface area contributed by atoms with Crippen LogP contribution in [0.3, 0.4) is 0 Å². The van der Waals surface area contributed by atoms with Gasteiger partial charge < -0.3 is 4.74 Å². The topological polar surface area (TPSA) is 73.3 Å². The van der Waals surface area contributed by atoms with Crippen molar-refractivity contribution >= 4 is 39.3 Å². The number of ketones is 2. The van der Waals surface area contributed by atoms with Crippen molar-refractivity contribution in [2.45, 2.75) is 26.7 Å². The molecule has 0 bridgehead atoms. The Kier molecular flexibility index (Phi) is 4.63. The van der Waals surface area contributed by atoms with Gasteiger partial charge in [0.2, 0.25) is 0 Å². The minimum absolute atomic E-state index is 0.0889. The molecule has 0 aliphatic heterocycles. The van der Waals surface area contributed by atoms with Gasteiger partial charge in [0.15, 0.2) is 5.78 Å². The van der Waals surface area contributed by atoms with Crippen LogP contribution in [-0.4, -0.2) is 29.1 Å². The number of aromatic nitrogens is 1. The lowest BCUT2D eigenvalue weighted by molar-refractivity contribution is -0.147. The molecule has 0 N–H and O–H groups in total. The fraction of sp³-hybridized carbons (Fsp3) is 0.185. The van der Waals surface area contributed by atoms with Gasteiger partial charge in [-0.25, -0.2) is 4.98 Å². The van der Waals surface area contributed by atoms with Gasteiger partial charge in [-0.1, -0.05) is 42.0 Å². The maximum Gasteiger partial charge on any atom is 0.321 e. The van der Waals surface area contributed by atoms with Crippen LogP contribution in [0.2, 0.25) is 0 Å². The summed E-state index contributed by atoms with van der Waals surface area (Å²) in [6, 6.07) is 16.9. The lowest BCUT2D eigenvalue weighted by atomic mass is 9.80. The SMILES string of the molecule is CCOC(=O)C(C(C)=O)c1ccc2c3c(c4cc(C)ccc4nc13)-c1ccccc1C2=O. The Labute approximate surface area is 185 Å². The lowest BCUT2D eigenvalue weighted by Crippen LogP contribution is -2.23. The number of ether oxygens (including phenoxy) is 1. The highest BCUT2D eigenvalue weighted by Gasteiger charge is 2.33. The number of nitrogens with zero attached hydrogens (tertiary/aromatic N) is 1. The molecule has 32 heavy (non-hydrogen) atoms. The number of carbonyl (C=O) groups is 3. The van der Waals surface area contributed by atoms with E-state index in [0.717, 1.165) is 27.6 Å². The van der Waals surface area contributed by atoms with E-state index in [4.69, 9.17) is 9.72 Å². The van der Waals surface area contributed by atoms with E-state index in [1.54, 1.807) is 19.1 Å². The minimum atomic E-state index is -1.10. The summed E-state index contributed by atoms with van der Waals surface area (Å²) in [4.78, 5) is 43.5. The number of Topliss-reactive ketones (excluding diaryl/α,β-unsaturated/α-hetero) is 1. The molecule has 1 heterocycles. The minimum Gasteiger partial charge on any atom is -0.465 e. The van der Waals surface area contributed by atoms with Crippen molar-refractivity contribution in [1.29, 1.82) is 0 Å². The molecular formula is C27H21NO4. The summed E-state index contributed by atoms with van der Waals surface area (Å²) in [5, 5.41) is 1.62. The van der Waals surface area contributed by atoms with Crippen molar-refractivity contribution in [3.05, 3.63) is 76.9 Å². The molecule has 0 fully saturated rings. The number of hydrogen-bond acceptors (Lipinski definition) is 5. The molecule has 1 aliphatic carbocycles.